The molecule has 2 aromatic carbocycles. The van der Waals surface area contributed by atoms with E-state index in [0.717, 1.165) is 28.2 Å². The van der Waals surface area contributed by atoms with Crippen LogP contribution in [0, 0.1) is 27.7 Å². The summed E-state index contributed by atoms with van der Waals surface area (Å²) < 4.78 is 1.98. The third kappa shape index (κ3) is 5.98. The number of rotatable bonds is 5. The summed E-state index contributed by atoms with van der Waals surface area (Å²) >= 11 is 0. The van der Waals surface area contributed by atoms with Crippen LogP contribution in [0.4, 0.5) is 10.5 Å². The average molecular weight is 472 g/mol. The van der Waals surface area contributed by atoms with Gasteiger partial charge in [-0.15, -0.1) is 0 Å². The van der Waals surface area contributed by atoms with Gasteiger partial charge in [-0.2, -0.15) is 5.10 Å². The Balaban J connectivity index is 1.33. The van der Waals surface area contributed by atoms with Crippen molar-refractivity contribution in [2.45, 2.75) is 34.2 Å². The summed E-state index contributed by atoms with van der Waals surface area (Å²) in [6.07, 6.45) is 3.48. The molecule has 0 radical (unpaired) electrons. The van der Waals surface area contributed by atoms with E-state index in [-0.39, 0.29) is 11.9 Å². The average Bonchev–Trinajstić information content (AvgIpc) is 3.11. The number of anilines is 1. The molecular formula is C28H33N5O2. The van der Waals surface area contributed by atoms with E-state index in [1.54, 1.807) is 15.9 Å². The van der Waals surface area contributed by atoms with E-state index in [1.807, 2.05) is 55.8 Å². The summed E-state index contributed by atoms with van der Waals surface area (Å²) in [7, 11) is 0. The number of hydrogen-bond acceptors (Lipinski definition) is 3. The lowest BCUT2D eigenvalue weighted by Crippen LogP contribution is -2.51. The molecule has 0 bridgehead atoms. The fraction of sp³-hybridized carbons (Fsp3) is 0.321. The standard InChI is InChI=1S/C28H33N5O2/c1-20-8-10-24(11-9-20)19-33-23(4)26(22(3)30-33)12-13-27(34)31-14-16-32(17-15-31)28(35)29-25-7-5-6-21(2)18-25/h5-13,18H,14-17,19H2,1-4H3,(H,29,35)/b13-12+. The van der Waals surface area contributed by atoms with Gasteiger partial charge in [0.2, 0.25) is 5.91 Å². The van der Waals surface area contributed by atoms with Gasteiger partial charge in [-0.05, 0) is 57.0 Å². The van der Waals surface area contributed by atoms with Crippen LogP contribution in [0.25, 0.3) is 6.08 Å². The van der Waals surface area contributed by atoms with E-state index >= 15 is 0 Å². The summed E-state index contributed by atoms with van der Waals surface area (Å²) in [5.74, 6) is -0.0474. The molecule has 0 saturated carbocycles. The van der Waals surface area contributed by atoms with Crippen molar-refractivity contribution in [3.8, 4) is 0 Å². The van der Waals surface area contributed by atoms with E-state index in [1.165, 1.54) is 11.1 Å². The van der Waals surface area contributed by atoms with Gasteiger partial charge in [0.15, 0.2) is 0 Å². The highest BCUT2D eigenvalue weighted by molar-refractivity contribution is 5.93. The minimum absolute atomic E-state index is 0.0474. The second kappa shape index (κ2) is 10.6. The largest absolute Gasteiger partial charge is 0.336 e. The number of aromatic nitrogens is 2. The molecule has 0 spiro atoms. The molecule has 2 heterocycles. The maximum atomic E-state index is 12.8. The Hall–Kier alpha value is -3.87. The Labute approximate surface area is 207 Å². The van der Waals surface area contributed by atoms with Crippen molar-refractivity contribution in [1.82, 2.24) is 19.6 Å². The number of piperazine rings is 1. The van der Waals surface area contributed by atoms with Crippen LogP contribution in [-0.2, 0) is 11.3 Å². The summed E-state index contributed by atoms with van der Waals surface area (Å²) in [4.78, 5) is 28.9. The van der Waals surface area contributed by atoms with Gasteiger partial charge in [0.1, 0.15) is 0 Å². The zero-order chi connectivity index (χ0) is 24.9. The van der Waals surface area contributed by atoms with Crippen LogP contribution >= 0.6 is 0 Å². The molecule has 1 aliphatic rings. The first-order valence-electron chi connectivity index (χ1n) is 12.0. The Morgan fingerprint density at radius 2 is 1.60 bits per heavy atom. The molecule has 1 saturated heterocycles. The molecule has 0 aliphatic carbocycles. The molecule has 1 N–H and O–H groups in total. The highest BCUT2D eigenvalue weighted by Gasteiger charge is 2.23. The maximum absolute atomic E-state index is 12.8. The van der Waals surface area contributed by atoms with Crippen molar-refractivity contribution in [2.24, 2.45) is 0 Å². The van der Waals surface area contributed by atoms with Crippen molar-refractivity contribution in [2.75, 3.05) is 31.5 Å². The number of aryl methyl sites for hydroxylation is 3. The lowest BCUT2D eigenvalue weighted by Gasteiger charge is -2.34. The van der Waals surface area contributed by atoms with Crippen molar-refractivity contribution in [3.05, 3.63) is 88.2 Å². The van der Waals surface area contributed by atoms with Gasteiger partial charge < -0.3 is 15.1 Å². The number of nitrogens with one attached hydrogen (secondary N) is 1. The Morgan fingerprint density at radius 3 is 2.29 bits per heavy atom. The fourth-order valence-electron chi connectivity index (χ4n) is 4.29. The Kier molecular flexibility index (Phi) is 7.34. The predicted octanol–water partition coefficient (Wildman–Crippen LogP) is 4.55. The van der Waals surface area contributed by atoms with Crippen molar-refractivity contribution in [1.29, 1.82) is 0 Å². The molecule has 1 fully saturated rings. The first kappa shape index (κ1) is 24.3. The predicted molar refractivity (Wildman–Crippen MR) is 139 cm³/mol. The number of amides is 3. The van der Waals surface area contributed by atoms with Gasteiger partial charge >= 0.3 is 6.03 Å². The van der Waals surface area contributed by atoms with Crippen LogP contribution in [0.3, 0.4) is 0 Å². The molecule has 7 heteroatoms. The number of nitrogens with zero attached hydrogens (tertiary/aromatic N) is 4. The number of carbonyl (C=O) groups excluding carboxylic acids is 2. The Morgan fingerprint density at radius 1 is 0.914 bits per heavy atom. The second-order valence-corrected chi connectivity index (χ2v) is 9.17. The van der Waals surface area contributed by atoms with Gasteiger partial charge in [0.05, 0.1) is 12.2 Å². The molecular weight excluding hydrogens is 438 g/mol. The molecule has 0 unspecified atom stereocenters. The monoisotopic (exact) mass is 471 g/mol. The summed E-state index contributed by atoms with van der Waals surface area (Å²) in [5, 5.41) is 7.62. The smallest absolute Gasteiger partial charge is 0.321 e. The van der Waals surface area contributed by atoms with Crippen molar-refractivity contribution >= 4 is 23.7 Å². The maximum Gasteiger partial charge on any atom is 0.321 e. The fourth-order valence-corrected chi connectivity index (χ4v) is 4.29. The Bertz CT molecular complexity index is 1230. The van der Waals surface area contributed by atoms with Crippen LogP contribution in [0.2, 0.25) is 0 Å². The highest BCUT2D eigenvalue weighted by Crippen LogP contribution is 2.17. The zero-order valence-electron chi connectivity index (χ0n) is 20.9. The summed E-state index contributed by atoms with van der Waals surface area (Å²) in [6.45, 7) is 10.8. The lowest BCUT2D eigenvalue weighted by atomic mass is 10.1. The molecule has 4 rings (SSSR count). The molecule has 35 heavy (non-hydrogen) atoms. The van der Waals surface area contributed by atoms with Crippen molar-refractivity contribution < 1.29 is 9.59 Å². The number of hydrogen-bond donors (Lipinski definition) is 1. The molecule has 0 atom stereocenters. The number of carbonyl (C=O) groups is 2. The lowest BCUT2D eigenvalue weighted by molar-refractivity contribution is -0.127. The highest BCUT2D eigenvalue weighted by atomic mass is 16.2. The van der Waals surface area contributed by atoms with Crippen molar-refractivity contribution in [3.63, 3.8) is 0 Å². The van der Waals surface area contributed by atoms with Crippen LogP contribution in [0.5, 0.6) is 0 Å². The van der Waals surface area contributed by atoms with Gasteiger partial charge in [0, 0.05) is 49.2 Å². The zero-order valence-corrected chi connectivity index (χ0v) is 20.9. The van der Waals surface area contributed by atoms with Crippen LogP contribution in [-0.4, -0.2) is 57.7 Å². The van der Waals surface area contributed by atoms with Gasteiger partial charge in [-0.25, -0.2) is 4.79 Å². The van der Waals surface area contributed by atoms with Gasteiger partial charge in [0.25, 0.3) is 0 Å². The summed E-state index contributed by atoms with van der Waals surface area (Å²) in [5.41, 5.74) is 7.21. The summed E-state index contributed by atoms with van der Waals surface area (Å²) in [6, 6.07) is 16.0. The van der Waals surface area contributed by atoms with Gasteiger partial charge in [-0.1, -0.05) is 42.0 Å². The van der Waals surface area contributed by atoms with E-state index in [4.69, 9.17) is 0 Å². The first-order valence-corrected chi connectivity index (χ1v) is 12.0. The third-order valence-corrected chi connectivity index (χ3v) is 6.43. The van der Waals surface area contributed by atoms with E-state index in [0.29, 0.717) is 32.7 Å². The quantitative estimate of drug-likeness (QED) is 0.555. The topological polar surface area (TPSA) is 70.5 Å². The molecule has 1 aliphatic heterocycles. The number of benzene rings is 2. The SMILES string of the molecule is Cc1ccc(Cn2nc(C)c(/C=C/C(=O)N3CCN(C(=O)Nc4cccc(C)c4)CC3)c2C)cc1. The molecule has 182 valence electrons. The first-order chi connectivity index (χ1) is 16.8. The normalized spacial score (nSPS) is 13.9. The van der Waals surface area contributed by atoms with Crippen LogP contribution < -0.4 is 5.32 Å². The van der Waals surface area contributed by atoms with Crippen LogP contribution in [0.15, 0.2) is 54.6 Å². The van der Waals surface area contributed by atoms with Crippen LogP contribution in [0.1, 0.15) is 33.6 Å². The number of urea groups is 1. The molecule has 7 nitrogen and oxygen atoms in total. The van der Waals surface area contributed by atoms with Gasteiger partial charge in [-0.3, -0.25) is 9.48 Å². The molecule has 3 aromatic rings. The molecule has 3 amide bonds. The molecule has 1 aromatic heterocycles. The van der Waals surface area contributed by atoms with E-state index in [2.05, 4.69) is 41.6 Å². The minimum atomic E-state index is -0.134. The second-order valence-electron chi connectivity index (χ2n) is 9.17. The third-order valence-electron chi connectivity index (χ3n) is 6.43. The van der Waals surface area contributed by atoms with E-state index in [9.17, 15) is 9.59 Å². The van der Waals surface area contributed by atoms with E-state index < -0.39 is 0 Å². The minimum Gasteiger partial charge on any atom is -0.336 e.